The standard InChI is InChI=1S/C16H4B5Cl2N3O2S/c17-3-1-2-4-7(19)8(20)11(28)9(21)13(4)29-12(2)5(10(27)6(3)18)14-24-15(22)26-16(23)25-14/h1-2,27-28H. The van der Waals surface area contributed by atoms with Gasteiger partial charge in [0, 0.05) is 15.7 Å². The predicted molar refractivity (Wildman–Crippen MR) is 119 cm³/mol. The van der Waals surface area contributed by atoms with Crippen molar-refractivity contribution in [3.63, 3.8) is 0 Å². The molecular weight excluding hydrogens is 423 g/mol. The van der Waals surface area contributed by atoms with E-state index in [1.165, 1.54) is 0 Å². The number of aromatic nitrogens is 3. The number of phenolic OH excluding ortho intramolecular Hbond substituents is 1. The Morgan fingerprint density at radius 3 is 2.14 bits per heavy atom. The molecule has 10 radical (unpaired) electrons. The zero-order valence-corrected chi connectivity index (χ0v) is 16.8. The third-order valence-corrected chi connectivity index (χ3v) is 6.25. The number of allylic oxidation sites excluding steroid dienone is 5. The van der Waals surface area contributed by atoms with Crippen LogP contribution in [-0.4, -0.2) is 64.4 Å². The van der Waals surface area contributed by atoms with Crippen molar-refractivity contribution in [2.24, 2.45) is 0 Å². The van der Waals surface area contributed by atoms with E-state index < -0.39 is 5.92 Å². The van der Waals surface area contributed by atoms with Crippen LogP contribution >= 0.6 is 35.0 Å². The maximum Gasteiger partial charge on any atom is 0.227 e. The van der Waals surface area contributed by atoms with Crippen molar-refractivity contribution < 1.29 is 10.2 Å². The number of phenols is 1. The number of aromatic hydroxyl groups is 1. The van der Waals surface area contributed by atoms with Crippen molar-refractivity contribution in [2.75, 3.05) is 0 Å². The van der Waals surface area contributed by atoms with Crippen LogP contribution < -0.4 is 16.4 Å². The Morgan fingerprint density at radius 2 is 1.52 bits per heavy atom. The topological polar surface area (TPSA) is 79.1 Å². The highest BCUT2D eigenvalue weighted by molar-refractivity contribution is 8.04. The van der Waals surface area contributed by atoms with Gasteiger partial charge < -0.3 is 10.2 Å². The first kappa shape index (κ1) is 20.6. The molecule has 1 aliphatic heterocycles. The van der Waals surface area contributed by atoms with E-state index in [2.05, 4.69) is 15.0 Å². The Kier molecular flexibility index (Phi) is 5.12. The maximum absolute atomic E-state index is 10.8. The Labute approximate surface area is 187 Å². The lowest BCUT2D eigenvalue weighted by Gasteiger charge is -2.18. The minimum absolute atomic E-state index is 0.0202. The quantitative estimate of drug-likeness (QED) is 0.618. The van der Waals surface area contributed by atoms with Gasteiger partial charge in [-0.1, -0.05) is 34.2 Å². The van der Waals surface area contributed by atoms with Gasteiger partial charge in [0.25, 0.3) is 0 Å². The van der Waals surface area contributed by atoms with Crippen LogP contribution in [-0.2, 0) is 0 Å². The average molecular weight is 427 g/mol. The van der Waals surface area contributed by atoms with E-state index in [1.54, 1.807) is 6.08 Å². The first-order valence-corrected chi connectivity index (χ1v) is 9.54. The van der Waals surface area contributed by atoms with Gasteiger partial charge in [0.2, 0.25) is 10.6 Å². The van der Waals surface area contributed by atoms with Crippen molar-refractivity contribution >= 4 is 96.2 Å². The molecule has 2 aliphatic rings. The smallest absolute Gasteiger partial charge is 0.227 e. The lowest BCUT2D eigenvalue weighted by atomic mass is 9.69. The predicted octanol–water partition coefficient (Wildman–Crippen LogP) is -0.130. The zero-order chi connectivity index (χ0) is 21.2. The molecule has 2 heterocycles. The van der Waals surface area contributed by atoms with E-state index in [0.717, 1.165) is 11.8 Å². The summed E-state index contributed by atoms with van der Waals surface area (Å²) in [4.78, 5) is 12.8. The molecule has 1 unspecified atom stereocenters. The number of nitrogens with zero attached hydrogens (tertiary/aromatic N) is 3. The Hall–Kier alpha value is -1.70. The van der Waals surface area contributed by atoms with Crippen LogP contribution in [0.15, 0.2) is 32.6 Å². The lowest BCUT2D eigenvalue weighted by molar-refractivity contribution is 0.435. The molecule has 13 heteroatoms. The monoisotopic (exact) mass is 427 g/mol. The van der Waals surface area contributed by atoms with Gasteiger partial charge >= 0.3 is 0 Å². The van der Waals surface area contributed by atoms with Gasteiger partial charge in [-0.3, -0.25) is 0 Å². The van der Waals surface area contributed by atoms with Gasteiger partial charge in [0.05, 0.1) is 5.57 Å². The zero-order valence-electron chi connectivity index (χ0n) is 14.4. The van der Waals surface area contributed by atoms with Gasteiger partial charge in [0.15, 0.2) is 5.82 Å². The number of benzene rings is 1. The molecular formula is C16H4B5Cl2N3O2S. The Balaban J connectivity index is 2.09. The number of rotatable bonds is 1. The molecule has 1 atom stereocenters. The number of hydrogen-bond donors (Lipinski definition) is 2. The Bertz CT molecular complexity index is 1180. The molecule has 29 heavy (non-hydrogen) atoms. The second-order valence-corrected chi connectivity index (χ2v) is 7.96. The van der Waals surface area contributed by atoms with Crippen molar-refractivity contribution in [2.45, 2.75) is 10.8 Å². The summed E-state index contributed by atoms with van der Waals surface area (Å²) >= 11 is 13.0. The number of fused-ring (bicyclic) bond motifs is 3. The molecule has 2 aromatic rings. The van der Waals surface area contributed by atoms with Crippen molar-refractivity contribution in [3.05, 3.63) is 49.6 Å². The number of hydrogen-bond acceptors (Lipinski definition) is 6. The average Bonchev–Trinajstić information content (AvgIpc) is 2.98. The lowest BCUT2D eigenvalue weighted by Crippen LogP contribution is -2.35. The van der Waals surface area contributed by atoms with Crippen LogP contribution in [0.5, 0.6) is 5.75 Å². The van der Waals surface area contributed by atoms with Gasteiger partial charge in [-0.05, 0) is 34.2 Å². The molecule has 1 aromatic carbocycles. The molecule has 2 N–H and O–H groups in total. The van der Waals surface area contributed by atoms with Gasteiger partial charge in [-0.25, -0.2) is 0 Å². The summed E-state index contributed by atoms with van der Waals surface area (Å²) in [6, 6.07) is 0. The largest absolute Gasteiger partial charge is 0.509 e. The summed E-state index contributed by atoms with van der Waals surface area (Å²) in [7, 11) is 30.2. The number of aliphatic hydroxyl groups is 1. The fraction of sp³-hybridized carbons (Fsp3) is 0.0625. The molecule has 0 bridgehead atoms. The highest BCUT2D eigenvalue weighted by Crippen LogP contribution is 2.53. The van der Waals surface area contributed by atoms with Gasteiger partial charge in [0.1, 0.15) is 50.7 Å². The normalized spacial score (nSPS) is 18.4. The van der Waals surface area contributed by atoms with Crippen LogP contribution in [0, 0.1) is 0 Å². The third kappa shape index (κ3) is 3.14. The summed E-state index contributed by atoms with van der Waals surface area (Å²) in [5.74, 6) is -1.31. The van der Waals surface area contributed by atoms with Gasteiger partial charge in [-0.15, -0.1) is 5.47 Å². The van der Waals surface area contributed by atoms with Crippen molar-refractivity contribution in [3.8, 4) is 5.75 Å². The minimum atomic E-state index is -0.590. The van der Waals surface area contributed by atoms with Crippen LogP contribution in [0.25, 0.3) is 5.57 Å². The SMILES string of the molecule is [B]C1=CC2C(=C(c3nc(Cl)nc(Cl)n3)C(O)=C1[B])Sc1c([B])c(O)c([B])c([B])c12. The van der Waals surface area contributed by atoms with E-state index in [0.29, 0.717) is 15.4 Å². The van der Waals surface area contributed by atoms with Crippen LogP contribution in [0.2, 0.25) is 10.6 Å². The molecule has 130 valence electrons. The maximum atomic E-state index is 10.8. The van der Waals surface area contributed by atoms with Crippen LogP contribution in [0.3, 0.4) is 0 Å². The Morgan fingerprint density at radius 1 is 0.897 bits per heavy atom. The number of aliphatic hydroxyl groups excluding tert-OH is 1. The molecule has 0 fully saturated rings. The molecule has 0 saturated heterocycles. The summed E-state index contributed by atoms with van der Waals surface area (Å²) < 4.78 is 0. The van der Waals surface area contributed by atoms with Crippen molar-refractivity contribution in [1.82, 2.24) is 15.0 Å². The number of thioether (sulfide) groups is 1. The molecule has 0 saturated carbocycles. The molecule has 0 amide bonds. The second kappa shape index (κ2) is 7.22. The van der Waals surface area contributed by atoms with E-state index in [1.807, 2.05) is 0 Å². The third-order valence-electron chi connectivity index (χ3n) is 4.59. The van der Waals surface area contributed by atoms with Gasteiger partial charge in [-0.2, -0.15) is 15.0 Å². The molecule has 1 aliphatic carbocycles. The minimum Gasteiger partial charge on any atom is -0.509 e. The van der Waals surface area contributed by atoms with Crippen LogP contribution in [0.1, 0.15) is 17.3 Å². The van der Waals surface area contributed by atoms with Crippen LogP contribution in [0.4, 0.5) is 0 Å². The molecule has 5 nitrogen and oxygen atoms in total. The van der Waals surface area contributed by atoms with Crippen molar-refractivity contribution in [1.29, 1.82) is 0 Å². The summed E-state index contributed by atoms with van der Waals surface area (Å²) in [5, 5.41) is 20.7. The molecule has 4 rings (SSSR count). The molecule has 1 aromatic heterocycles. The summed E-state index contributed by atoms with van der Waals surface area (Å²) in [6.07, 6.45) is 1.60. The first-order chi connectivity index (χ1) is 13.6. The summed E-state index contributed by atoms with van der Waals surface area (Å²) in [6.45, 7) is 0. The van der Waals surface area contributed by atoms with E-state index in [4.69, 9.17) is 62.4 Å². The second-order valence-electron chi connectivity index (χ2n) is 6.23. The fourth-order valence-electron chi connectivity index (χ4n) is 3.19. The van der Waals surface area contributed by atoms with E-state index in [9.17, 15) is 10.2 Å². The molecule has 0 spiro atoms. The fourth-order valence-corrected chi connectivity index (χ4v) is 4.93. The summed E-state index contributed by atoms with van der Waals surface area (Å²) in [5.41, 5.74) is 0.790. The van der Waals surface area contributed by atoms with E-state index >= 15 is 0 Å². The van der Waals surface area contributed by atoms with E-state index in [-0.39, 0.29) is 60.8 Å². The highest BCUT2D eigenvalue weighted by Gasteiger charge is 2.37. The number of halogens is 2. The first-order valence-electron chi connectivity index (χ1n) is 7.97. The highest BCUT2D eigenvalue weighted by atomic mass is 35.5.